The molecule has 8 nitrogen and oxygen atoms in total. The van der Waals surface area contributed by atoms with Gasteiger partial charge in [-0.25, -0.2) is 9.59 Å². The van der Waals surface area contributed by atoms with E-state index in [9.17, 15) is 14.4 Å². The lowest BCUT2D eigenvalue weighted by Crippen LogP contribution is -2.46. The topological polar surface area (TPSA) is 125 Å². The van der Waals surface area contributed by atoms with Gasteiger partial charge in [-0.1, -0.05) is 48.5 Å². The van der Waals surface area contributed by atoms with Crippen molar-refractivity contribution in [3.05, 3.63) is 59.7 Å². The van der Waals surface area contributed by atoms with Crippen molar-refractivity contribution < 1.29 is 29.3 Å². The minimum Gasteiger partial charge on any atom is -0.480 e. The number of carbonyl (C=O) groups is 3. The molecule has 0 aliphatic heterocycles. The smallest absolute Gasteiger partial charge is 0.407 e. The van der Waals surface area contributed by atoms with Crippen molar-refractivity contribution in [3.63, 3.8) is 0 Å². The van der Waals surface area contributed by atoms with Crippen LogP contribution in [0, 0.1) is 0 Å². The maximum absolute atomic E-state index is 12.5. The molecule has 0 heterocycles. The van der Waals surface area contributed by atoms with E-state index in [0.29, 0.717) is 0 Å². The summed E-state index contributed by atoms with van der Waals surface area (Å²) in [6.07, 6.45) is -0.339. The zero-order chi connectivity index (χ0) is 24.0. The normalized spacial score (nSPS) is 13.5. The van der Waals surface area contributed by atoms with Crippen LogP contribution in [0.15, 0.2) is 48.5 Å². The van der Waals surface area contributed by atoms with E-state index >= 15 is 0 Å². The number of rotatable bonds is 10. The van der Waals surface area contributed by atoms with Crippen LogP contribution in [0.25, 0.3) is 11.1 Å². The Balaban J connectivity index is 1.52. The summed E-state index contributed by atoms with van der Waals surface area (Å²) in [7, 11) is 0. The highest BCUT2D eigenvalue weighted by molar-refractivity contribution is 5.83. The number of aliphatic hydroxyl groups is 1. The lowest BCUT2D eigenvalue weighted by molar-refractivity contribution is -0.142. The zero-order valence-electron chi connectivity index (χ0n) is 18.8. The van der Waals surface area contributed by atoms with Crippen LogP contribution in [0.5, 0.6) is 0 Å². The van der Waals surface area contributed by atoms with E-state index in [2.05, 4.69) is 22.8 Å². The van der Waals surface area contributed by atoms with Crippen molar-refractivity contribution in [2.45, 2.75) is 50.6 Å². The Kier molecular flexibility index (Phi) is 7.71. The lowest BCUT2D eigenvalue weighted by Gasteiger charge is -2.26. The number of alkyl carbamates (subject to hydrolysis) is 1. The summed E-state index contributed by atoms with van der Waals surface area (Å²) in [4.78, 5) is 35.7. The number of aliphatic carboxylic acids is 1. The number of amides is 2. The van der Waals surface area contributed by atoms with Crippen LogP contribution in [0.1, 0.15) is 50.2 Å². The van der Waals surface area contributed by atoms with Crippen molar-refractivity contribution in [1.82, 2.24) is 10.6 Å². The van der Waals surface area contributed by atoms with Crippen LogP contribution in [-0.4, -0.2) is 53.0 Å². The molecular formula is C25H30N2O6. The molecule has 4 N–H and O–H groups in total. The van der Waals surface area contributed by atoms with E-state index in [0.717, 1.165) is 22.3 Å². The fourth-order valence-corrected chi connectivity index (χ4v) is 4.05. The lowest BCUT2D eigenvalue weighted by atomic mass is 9.98. The van der Waals surface area contributed by atoms with Gasteiger partial charge in [-0.05, 0) is 42.5 Å². The molecule has 0 fully saturated rings. The van der Waals surface area contributed by atoms with Crippen LogP contribution < -0.4 is 10.6 Å². The molecule has 8 heteroatoms. The van der Waals surface area contributed by atoms with Crippen molar-refractivity contribution >= 4 is 18.0 Å². The Morgan fingerprint density at radius 2 is 1.61 bits per heavy atom. The van der Waals surface area contributed by atoms with Crippen LogP contribution in [-0.2, 0) is 14.3 Å². The molecule has 1 aliphatic carbocycles. The third-order valence-corrected chi connectivity index (χ3v) is 5.81. The number of aliphatic hydroxyl groups excluding tert-OH is 1. The number of benzene rings is 2. The molecule has 33 heavy (non-hydrogen) atoms. The molecule has 0 spiro atoms. The predicted molar refractivity (Wildman–Crippen MR) is 123 cm³/mol. The number of nitrogens with one attached hydrogen (secondary N) is 2. The van der Waals surface area contributed by atoms with Gasteiger partial charge in [-0.15, -0.1) is 0 Å². The number of fused-ring (bicyclic) bond motifs is 3. The van der Waals surface area contributed by atoms with Gasteiger partial charge >= 0.3 is 12.1 Å². The van der Waals surface area contributed by atoms with E-state index in [1.54, 1.807) is 13.8 Å². The maximum atomic E-state index is 12.5. The van der Waals surface area contributed by atoms with Gasteiger partial charge in [0.25, 0.3) is 0 Å². The molecule has 1 atom stereocenters. The van der Waals surface area contributed by atoms with Gasteiger partial charge in [-0.2, -0.15) is 0 Å². The maximum Gasteiger partial charge on any atom is 0.407 e. The number of hydrogen-bond acceptors (Lipinski definition) is 5. The number of carboxylic acid groups (broad SMARTS) is 1. The third kappa shape index (κ3) is 6.10. The van der Waals surface area contributed by atoms with Gasteiger partial charge < -0.3 is 25.6 Å². The zero-order valence-corrected chi connectivity index (χ0v) is 18.8. The van der Waals surface area contributed by atoms with Crippen LogP contribution in [0.2, 0.25) is 0 Å². The predicted octanol–water partition coefficient (Wildman–Crippen LogP) is 3.04. The highest BCUT2D eigenvalue weighted by Crippen LogP contribution is 2.44. The molecular weight excluding hydrogens is 424 g/mol. The number of ether oxygens (including phenoxy) is 1. The second-order valence-corrected chi connectivity index (χ2v) is 8.81. The van der Waals surface area contributed by atoms with E-state index < -0.39 is 29.6 Å². The SMILES string of the molecule is CC(C)(CCC(=O)N[C@@H](CCO)C(=O)O)NC(=O)OCC1c2ccccc2-c2ccccc21. The number of carboxylic acids is 1. The Labute approximate surface area is 193 Å². The van der Waals surface area contributed by atoms with Gasteiger partial charge in [-0.3, -0.25) is 4.79 Å². The Morgan fingerprint density at radius 3 is 2.15 bits per heavy atom. The van der Waals surface area contributed by atoms with E-state index in [1.165, 1.54) is 0 Å². The summed E-state index contributed by atoms with van der Waals surface area (Å²) in [6.45, 7) is 3.39. The first-order chi connectivity index (χ1) is 15.7. The summed E-state index contributed by atoms with van der Waals surface area (Å²) in [6, 6.07) is 15.0. The standard InChI is InChI=1S/C25H30N2O6/c1-25(2,13-11-22(29)26-21(12-14-28)23(30)31)27-24(32)33-15-20-18-9-5-3-7-16(18)17-8-4-6-10-19(17)20/h3-10,20-21,28H,11-15H2,1-2H3,(H,26,29)(H,27,32)(H,30,31)/t21-/m0/s1. The molecule has 0 saturated heterocycles. The van der Waals surface area contributed by atoms with Crippen molar-refractivity contribution in [2.24, 2.45) is 0 Å². The summed E-state index contributed by atoms with van der Waals surface area (Å²) >= 11 is 0. The van der Waals surface area contributed by atoms with Gasteiger partial charge in [0.15, 0.2) is 0 Å². The average Bonchev–Trinajstić information content (AvgIpc) is 3.09. The molecule has 0 bridgehead atoms. The molecule has 2 aromatic rings. The molecule has 3 rings (SSSR count). The Morgan fingerprint density at radius 1 is 1.03 bits per heavy atom. The first-order valence-corrected chi connectivity index (χ1v) is 11.0. The molecule has 0 saturated carbocycles. The van der Waals surface area contributed by atoms with Gasteiger partial charge in [0.1, 0.15) is 12.6 Å². The molecule has 2 amide bonds. The van der Waals surface area contributed by atoms with Crippen LogP contribution >= 0.6 is 0 Å². The largest absolute Gasteiger partial charge is 0.480 e. The fraction of sp³-hybridized carbons (Fsp3) is 0.400. The quantitative estimate of drug-likeness (QED) is 0.437. The highest BCUT2D eigenvalue weighted by atomic mass is 16.5. The minimum atomic E-state index is -1.20. The van der Waals surface area contributed by atoms with E-state index in [1.807, 2.05) is 36.4 Å². The third-order valence-electron chi connectivity index (χ3n) is 5.81. The fourth-order valence-electron chi connectivity index (χ4n) is 4.05. The first-order valence-electron chi connectivity index (χ1n) is 11.0. The molecule has 0 unspecified atom stereocenters. The summed E-state index contributed by atoms with van der Waals surface area (Å²) in [5.41, 5.74) is 3.80. The molecule has 0 radical (unpaired) electrons. The molecule has 0 aromatic heterocycles. The number of hydrogen-bond donors (Lipinski definition) is 4. The second kappa shape index (κ2) is 10.5. The molecule has 2 aromatic carbocycles. The summed E-state index contributed by atoms with van der Waals surface area (Å²) in [5.74, 6) is -1.71. The second-order valence-electron chi connectivity index (χ2n) is 8.81. The van der Waals surface area contributed by atoms with E-state index in [-0.39, 0.29) is 38.4 Å². The molecule has 1 aliphatic rings. The van der Waals surface area contributed by atoms with Crippen LogP contribution in [0.3, 0.4) is 0 Å². The van der Waals surface area contributed by atoms with Gasteiger partial charge in [0.05, 0.1) is 0 Å². The van der Waals surface area contributed by atoms with Gasteiger partial charge in [0.2, 0.25) is 5.91 Å². The number of carbonyl (C=O) groups excluding carboxylic acids is 2. The average molecular weight is 455 g/mol. The molecule has 176 valence electrons. The highest BCUT2D eigenvalue weighted by Gasteiger charge is 2.30. The summed E-state index contributed by atoms with van der Waals surface area (Å²) < 4.78 is 5.55. The van der Waals surface area contributed by atoms with Gasteiger partial charge in [0, 0.05) is 30.9 Å². The monoisotopic (exact) mass is 454 g/mol. The minimum absolute atomic E-state index is 0.0197. The van der Waals surface area contributed by atoms with Crippen molar-refractivity contribution in [1.29, 1.82) is 0 Å². The Bertz CT molecular complexity index is 974. The van der Waals surface area contributed by atoms with Crippen LogP contribution in [0.4, 0.5) is 4.79 Å². The Hall–Kier alpha value is -3.39. The van der Waals surface area contributed by atoms with E-state index in [4.69, 9.17) is 14.9 Å². The first kappa shape index (κ1) is 24.3. The summed E-state index contributed by atoms with van der Waals surface area (Å²) in [5, 5.41) is 23.2. The van der Waals surface area contributed by atoms with Crippen molar-refractivity contribution in [3.8, 4) is 11.1 Å². The van der Waals surface area contributed by atoms with Crippen molar-refractivity contribution in [2.75, 3.05) is 13.2 Å².